The van der Waals surface area contributed by atoms with E-state index in [2.05, 4.69) is 10.6 Å². The van der Waals surface area contributed by atoms with Gasteiger partial charge in [-0.25, -0.2) is 0 Å². The lowest BCUT2D eigenvalue weighted by Crippen LogP contribution is -2.37. The first-order valence-corrected chi connectivity index (χ1v) is 7.68. The predicted molar refractivity (Wildman–Crippen MR) is 87.2 cm³/mol. The largest absolute Gasteiger partial charge is 0.457 e. The van der Waals surface area contributed by atoms with Crippen LogP contribution in [-0.2, 0) is 4.79 Å². The second kappa shape index (κ2) is 6.98. The SMILES string of the molecule is O=C1NCCCCC1Nc1ccc(Oc2ccccc2)cc1. The Hall–Kier alpha value is -2.49. The van der Waals surface area contributed by atoms with Gasteiger partial charge in [-0.15, -0.1) is 0 Å². The molecule has 0 aromatic heterocycles. The van der Waals surface area contributed by atoms with Crippen molar-refractivity contribution in [2.24, 2.45) is 0 Å². The molecule has 1 heterocycles. The molecule has 1 aliphatic heterocycles. The summed E-state index contributed by atoms with van der Waals surface area (Å²) < 4.78 is 5.76. The number of carbonyl (C=O) groups is 1. The fourth-order valence-electron chi connectivity index (χ4n) is 2.52. The van der Waals surface area contributed by atoms with Gasteiger partial charge in [0.05, 0.1) is 0 Å². The molecule has 2 N–H and O–H groups in total. The number of rotatable bonds is 4. The van der Waals surface area contributed by atoms with Gasteiger partial charge in [0.2, 0.25) is 5.91 Å². The van der Waals surface area contributed by atoms with Gasteiger partial charge in [0.1, 0.15) is 17.5 Å². The Morgan fingerprint density at radius 2 is 1.68 bits per heavy atom. The average Bonchev–Trinajstić information content (AvgIpc) is 2.75. The molecule has 3 rings (SSSR count). The second-order valence-corrected chi connectivity index (χ2v) is 5.42. The van der Waals surface area contributed by atoms with Gasteiger partial charge in [0.15, 0.2) is 0 Å². The van der Waals surface area contributed by atoms with E-state index in [4.69, 9.17) is 4.74 Å². The third-order valence-corrected chi connectivity index (χ3v) is 3.71. The molecule has 1 unspecified atom stereocenters. The molecule has 4 heteroatoms. The maximum atomic E-state index is 11.9. The molecule has 0 bridgehead atoms. The van der Waals surface area contributed by atoms with Crippen LogP contribution in [0.25, 0.3) is 0 Å². The molecule has 1 atom stereocenters. The normalized spacial score (nSPS) is 18.2. The van der Waals surface area contributed by atoms with E-state index in [1.165, 1.54) is 0 Å². The molecule has 2 aromatic rings. The van der Waals surface area contributed by atoms with Crippen LogP contribution in [0.4, 0.5) is 5.69 Å². The minimum absolute atomic E-state index is 0.0853. The molecule has 114 valence electrons. The minimum Gasteiger partial charge on any atom is -0.457 e. The second-order valence-electron chi connectivity index (χ2n) is 5.42. The van der Waals surface area contributed by atoms with Crippen molar-refractivity contribution in [3.05, 3.63) is 54.6 Å². The summed E-state index contributed by atoms with van der Waals surface area (Å²) in [6.45, 7) is 0.779. The Kier molecular flexibility index (Phi) is 4.59. The molecule has 0 radical (unpaired) electrons. The molecule has 1 saturated heterocycles. The summed E-state index contributed by atoms with van der Waals surface area (Å²) in [5.41, 5.74) is 0.933. The number of nitrogens with one attached hydrogen (secondary N) is 2. The smallest absolute Gasteiger partial charge is 0.242 e. The van der Waals surface area contributed by atoms with E-state index < -0.39 is 0 Å². The zero-order valence-electron chi connectivity index (χ0n) is 12.4. The third-order valence-electron chi connectivity index (χ3n) is 3.71. The van der Waals surface area contributed by atoms with Crippen LogP contribution in [0.15, 0.2) is 54.6 Å². The van der Waals surface area contributed by atoms with Gasteiger partial charge in [-0.05, 0) is 55.7 Å². The van der Waals surface area contributed by atoms with Gasteiger partial charge in [0, 0.05) is 12.2 Å². The van der Waals surface area contributed by atoms with Crippen molar-refractivity contribution in [1.29, 1.82) is 0 Å². The Morgan fingerprint density at radius 3 is 2.45 bits per heavy atom. The van der Waals surface area contributed by atoms with Crippen LogP contribution in [0, 0.1) is 0 Å². The van der Waals surface area contributed by atoms with Crippen LogP contribution in [-0.4, -0.2) is 18.5 Å². The summed E-state index contributed by atoms with van der Waals surface area (Å²) in [5.74, 6) is 1.68. The third kappa shape index (κ3) is 3.79. The van der Waals surface area contributed by atoms with Crippen LogP contribution in [0.5, 0.6) is 11.5 Å². The van der Waals surface area contributed by atoms with Crippen LogP contribution in [0.2, 0.25) is 0 Å². The zero-order chi connectivity index (χ0) is 15.2. The molecule has 22 heavy (non-hydrogen) atoms. The molecule has 0 saturated carbocycles. The summed E-state index contributed by atoms with van der Waals surface area (Å²) in [4.78, 5) is 11.9. The predicted octanol–water partition coefficient (Wildman–Crippen LogP) is 3.56. The van der Waals surface area contributed by atoms with Crippen molar-refractivity contribution in [3.8, 4) is 11.5 Å². The van der Waals surface area contributed by atoms with Crippen LogP contribution in [0.1, 0.15) is 19.3 Å². The first-order chi connectivity index (χ1) is 10.8. The molecule has 1 aliphatic rings. The van der Waals surface area contributed by atoms with E-state index in [1.54, 1.807) is 0 Å². The van der Waals surface area contributed by atoms with Crippen LogP contribution in [0.3, 0.4) is 0 Å². The fraction of sp³-hybridized carbons (Fsp3) is 0.278. The van der Waals surface area contributed by atoms with Crippen molar-refractivity contribution in [2.75, 3.05) is 11.9 Å². The van der Waals surface area contributed by atoms with Gasteiger partial charge < -0.3 is 15.4 Å². The fourth-order valence-corrected chi connectivity index (χ4v) is 2.52. The Morgan fingerprint density at radius 1 is 0.955 bits per heavy atom. The standard InChI is InChI=1S/C18H20N2O2/c21-18-17(8-4-5-13-19-18)20-14-9-11-16(12-10-14)22-15-6-2-1-3-7-15/h1-3,6-7,9-12,17,20H,4-5,8,13H2,(H,19,21). The number of carbonyl (C=O) groups excluding carboxylic acids is 1. The molecule has 2 aromatic carbocycles. The van der Waals surface area contributed by atoms with E-state index in [-0.39, 0.29) is 11.9 Å². The zero-order valence-corrected chi connectivity index (χ0v) is 12.4. The lowest BCUT2D eigenvalue weighted by molar-refractivity contribution is -0.121. The number of benzene rings is 2. The molecule has 0 aliphatic carbocycles. The van der Waals surface area contributed by atoms with Crippen molar-refractivity contribution in [3.63, 3.8) is 0 Å². The summed E-state index contributed by atoms with van der Waals surface area (Å²) in [7, 11) is 0. The van der Waals surface area contributed by atoms with E-state index in [9.17, 15) is 4.79 Å². The molecular formula is C18H20N2O2. The lowest BCUT2D eigenvalue weighted by atomic mass is 10.1. The highest BCUT2D eigenvalue weighted by atomic mass is 16.5. The first-order valence-electron chi connectivity index (χ1n) is 7.68. The maximum absolute atomic E-state index is 11.9. The monoisotopic (exact) mass is 296 g/mol. The van der Waals surface area contributed by atoms with Crippen molar-refractivity contribution < 1.29 is 9.53 Å². The molecule has 1 amide bonds. The summed E-state index contributed by atoms with van der Waals surface area (Å²) in [5, 5.41) is 6.23. The summed E-state index contributed by atoms with van der Waals surface area (Å²) in [6, 6.07) is 17.2. The molecular weight excluding hydrogens is 276 g/mol. The van der Waals surface area contributed by atoms with Crippen molar-refractivity contribution >= 4 is 11.6 Å². The maximum Gasteiger partial charge on any atom is 0.242 e. The van der Waals surface area contributed by atoms with E-state index in [0.29, 0.717) is 0 Å². The highest BCUT2D eigenvalue weighted by Crippen LogP contribution is 2.23. The summed E-state index contributed by atoms with van der Waals surface area (Å²) in [6.07, 6.45) is 2.98. The Bertz CT molecular complexity index is 611. The van der Waals surface area contributed by atoms with Gasteiger partial charge in [-0.1, -0.05) is 18.2 Å². The van der Waals surface area contributed by atoms with Gasteiger partial charge in [-0.2, -0.15) is 0 Å². The first kappa shape index (κ1) is 14.4. The molecule has 0 spiro atoms. The topological polar surface area (TPSA) is 50.4 Å². The van der Waals surface area contributed by atoms with Gasteiger partial charge in [-0.3, -0.25) is 4.79 Å². The summed E-state index contributed by atoms with van der Waals surface area (Å²) >= 11 is 0. The lowest BCUT2D eigenvalue weighted by Gasteiger charge is -2.16. The Balaban J connectivity index is 1.62. The van der Waals surface area contributed by atoms with Crippen molar-refractivity contribution in [2.45, 2.75) is 25.3 Å². The molecule has 1 fully saturated rings. The van der Waals surface area contributed by atoms with E-state index >= 15 is 0 Å². The van der Waals surface area contributed by atoms with Gasteiger partial charge in [0.25, 0.3) is 0 Å². The van der Waals surface area contributed by atoms with Gasteiger partial charge >= 0.3 is 0 Å². The molecule has 4 nitrogen and oxygen atoms in total. The number of hydrogen-bond acceptors (Lipinski definition) is 3. The highest BCUT2D eigenvalue weighted by Gasteiger charge is 2.19. The quantitative estimate of drug-likeness (QED) is 0.907. The van der Waals surface area contributed by atoms with Crippen LogP contribution < -0.4 is 15.4 Å². The highest BCUT2D eigenvalue weighted by molar-refractivity contribution is 5.84. The van der Waals surface area contributed by atoms with E-state index in [0.717, 1.165) is 43.0 Å². The number of para-hydroxylation sites is 1. The number of amides is 1. The Labute approximate surface area is 130 Å². The average molecular weight is 296 g/mol. The number of hydrogen-bond donors (Lipinski definition) is 2. The minimum atomic E-state index is -0.150. The number of ether oxygens (including phenoxy) is 1. The van der Waals surface area contributed by atoms with Crippen LogP contribution >= 0.6 is 0 Å². The van der Waals surface area contributed by atoms with E-state index in [1.807, 2.05) is 54.6 Å². The van der Waals surface area contributed by atoms with Crippen molar-refractivity contribution in [1.82, 2.24) is 5.32 Å². The number of anilines is 1.